The number of carbonyl (C=O) groups excluding carboxylic acids is 2. The Kier molecular flexibility index (Phi) is 6.41. The van der Waals surface area contributed by atoms with Gasteiger partial charge in [-0.05, 0) is 36.8 Å². The van der Waals surface area contributed by atoms with Crippen molar-refractivity contribution >= 4 is 23.5 Å². The first-order valence-electron chi connectivity index (χ1n) is 7.68. The predicted molar refractivity (Wildman–Crippen MR) is 92.0 cm³/mol. The minimum Gasteiger partial charge on any atom is -0.466 e. The maximum atomic E-state index is 11.9. The van der Waals surface area contributed by atoms with Gasteiger partial charge >= 0.3 is 5.97 Å². The maximum absolute atomic E-state index is 11.9. The van der Waals surface area contributed by atoms with Crippen molar-refractivity contribution in [1.82, 2.24) is 0 Å². The van der Waals surface area contributed by atoms with Gasteiger partial charge in [0.05, 0.1) is 13.0 Å². The molecule has 23 heavy (non-hydrogen) atoms. The summed E-state index contributed by atoms with van der Waals surface area (Å²) in [6.07, 6.45) is 0.623. The lowest BCUT2D eigenvalue weighted by molar-refractivity contribution is -0.142. The van der Waals surface area contributed by atoms with Crippen molar-refractivity contribution in [2.75, 3.05) is 6.61 Å². The molecule has 0 heterocycles. The number of esters is 1. The molecule has 0 radical (unpaired) electrons. The van der Waals surface area contributed by atoms with Gasteiger partial charge in [-0.2, -0.15) is 0 Å². The molecule has 0 aliphatic rings. The van der Waals surface area contributed by atoms with Crippen LogP contribution in [0.4, 0.5) is 0 Å². The van der Waals surface area contributed by atoms with Crippen molar-refractivity contribution in [2.45, 2.75) is 36.5 Å². The Labute approximate surface area is 141 Å². The lowest BCUT2D eigenvalue weighted by atomic mass is 10.0. The first-order valence-corrected chi connectivity index (χ1v) is 8.50. The first kappa shape index (κ1) is 17.3. The molecule has 0 spiro atoms. The van der Waals surface area contributed by atoms with Gasteiger partial charge in [-0.1, -0.05) is 43.0 Å². The van der Waals surface area contributed by atoms with Crippen LogP contribution in [0.3, 0.4) is 0 Å². The fourth-order valence-corrected chi connectivity index (χ4v) is 3.12. The highest BCUT2D eigenvalue weighted by Crippen LogP contribution is 2.31. The fraction of sp³-hybridized carbons (Fsp3) is 0.263. The lowest BCUT2D eigenvalue weighted by Crippen LogP contribution is -2.09. The van der Waals surface area contributed by atoms with Crippen LogP contribution in [-0.4, -0.2) is 18.4 Å². The summed E-state index contributed by atoms with van der Waals surface area (Å²) in [5.41, 5.74) is 1.47. The summed E-state index contributed by atoms with van der Waals surface area (Å²) in [5.74, 6) is -0.199. The molecule has 2 aromatic carbocycles. The van der Waals surface area contributed by atoms with E-state index in [-0.39, 0.29) is 18.2 Å². The van der Waals surface area contributed by atoms with Gasteiger partial charge in [0, 0.05) is 21.8 Å². The Balaban J connectivity index is 2.31. The standard InChI is InChI=1S/C19H20O3S/c1-3-17(20)14-10-11-18(23-16-8-6-5-7-9-16)15(12-14)13-19(21)22-4-2/h5-12H,3-4,13H2,1-2H3. The average Bonchev–Trinajstić information content (AvgIpc) is 2.57. The molecule has 2 aromatic rings. The van der Waals surface area contributed by atoms with Crippen LogP contribution in [0, 0.1) is 0 Å². The van der Waals surface area contributed by atoms with Crippen molar-refractivity contribution in [3.63, 3.8) is 0 Å². The van der Waals surface area contributed by atoms with Crippen LogP contribution in [0.15, 0.2) is 58.3 Å². The van der Waals surface area contributed by atoms with Gasteiger partial charge in [-0.3, -0.25) is 9.59 Å². The third kappa shape index (κ3) is 4.96. The summed E-state index contributed by atoms with van der Waals surface area (Å²) in [4.78, 5) is 25.8. The van der Waals surface area contributed by atoms with Crippen LogP contribution >= 0.6 is 11.8 Å². The SMILES string of the molecule is CCOC(=O)Cc1cc(C(=O)CC)ccc1Sc1ccccc1. The monoisotopic (exact) mass is 328 g/mol. The molecule has 0 amide bonds. The van der Waals surface area contributed by atoms with Gasteiger partial charge in [0.2, 0.25) is 0 Å². The molecule has 2 rings (SSSR count). The predicted octanol–water partition coefficient (Wildman–Crippen LogP) is 4.54. The van der Waals surface area contributed by atoms with E-state index in [9.17, 15) is 9.59 Å². The number of benzene rings is 2. The van der Waals surface area contributed by atoms with Crippen molar-refractivity contribution in [3.8, 4) is 0 Å². The van der Waals surface area contributed by atoms with E-state index < -0.39 is 0 Å². The largest absolute Gasteiger partial charge is 0.466 e. The summed E-state index contributed by atoms with van der Waals surface area (Å²) < 4.78 is 5.04. The van der Waals surface area contributed by atoms with Crippen LogP contribution in [0.1, 0.15) is 36.2 Å². The summed E-state index contributed by atoms with van der Waals surface area (Å²) >= 11 is 1.58. The zero-order valence-electron chi connectivity index (χ0n) is 13.4. The Morgan fingerprint density at radius 3 is 2.43 bits per heavy atom. The highest BCUT2D eigenvalue weighted by molar-refractivity contribution is 7.99. The van der Waals surface area contributed by atoms with Gasteiger partial charge < -0.3 is 4.74 Å². The molecule has 0 saturated carbocycles. The molecule has 0 aliphatic heterocycles. The zero-order chi connectivity index (χ0) is 16.7. The van der Waals surface area contributed by atoms with Crippen LogP contribution in [0.25, 0.3) is 0 Å². The Hall–Kier alpha value is -2.07. The summed E-state index contributed by atoms with van der Waals surface area (Å²) in [7, 11) is 0. The minimum absolute atomic E-state index is 0.0753. The molecule has 0 unspecified atom stereocenters. The molecule has 0 bridgehead atoms. The van der Waals surface area contributed by atoms with Gasteiger partial charge in [-0.25, -0.2) is 0 Å². The summed E-state index contributed by atoms with van der Waals surface area (Å²) in [6.45, 7) is 3.97. The van der Waals surface area contributed by atoms with Gasteiger partial charge in [0.1, 0.15) is 0 Å². The quantitative estimate of drug-likeness (QED) is 0.553. The van der Waals surface area contributed by atoms with Crippen molar-refractivity contribution < 1.29 is 14.3 Å². The zero-order valence-corrected chi connectivity index (χ0v) is 14.2. The number of hydrogen-bond donors (Lipinski definition) is 0. The lowest BCUT2D eigenvalue weighted by Gasteiger charge is -2.11. The first-order chi connectivity index (χ1) is 11.1. The van der Waals surface area contributed by atoms with Crippen LogP contribution in [0.5, 0.6) is 0 Å². The second-order valence-electron chi connectivity index (χ2n) is 5.00. The van der Waals surface area contributed by atoms with Crippen molar-refractivity contribution in [1.29, 1.82) is 0 Å². The van der Waals surface area contributed by atoms with Gasteiger partial charge in [0.15, 0.2) is 5.78 Å². The molecule has 0 N–H and O–H groups in total. The Bertz CT molecular complexity index is 680. The molecule has 0 atom stereocenters. The molecular formula is C19H20O3S. The van der Waals surface area contributed by atoms with Crippen LogP contribution in [0.2, 0.25) is 0 Å². The van der Waals surface area contributed by atoms with Crippen LogP contribution < -0.4 is 0 Å². The molecule has 4 heteroatoms. The molecule has 0 saturated heterocycles. The number of ketones is 1. The summed E-state index contributed by atoms with van der Waals surface area (Å²) in [5, 5.41) is 0. The number of carbonyl (C=O) groups is 2. The van der Waals surface area contributed by atoms with Gasteiger partial charge in [0.25, 0.3) is 0 Å². The van der Waals surface area contributed by atoms with E-state index in [1.165, 1.54) is 0 Å². The van der Waals surface area contributed by atoms with E-state index in [0.717, 1.165) is 15.4 Å². The van der Waals surface area contributed by atoms with Crippen molar-refractivity contribution in [2.24, 2.45) is 0 Å². The Morgan fingerprint density at radius 1 is 1.04 bits per heavy atom. The molecular weight excluding hydrogens is 308 g/mol. The second-order valence-corrected chi connectivity index (χ2v) is 6.11. The maximum Gasteiger partial charge on any atom is 0.310 e. The third-order valence-corrected chi connectivity index (χ3v) is 4.44. The second kappa shape index (κ2) is 8.53. The number of rotatable bonds is 7. The average molecular weight is 328 g/mol. The molecule has 0 fully saturated rings. The molecule has 0 aromatic heterocycles. The number of Topliss-reactive ketones (excluding diaryl/α,β-unsaturated/α-hetero) is 1. The molecule has 3 nitrogen and oxygen atoms in total. The third-order valence-electron chi connectivity index (χ3n) is 3.31. The Morgan fingerprint density at radius 2 is 1.78 bits per heavy atom. The normalized spacial score (nSPS) is 10.3. The number of hydrogen-bond acceptors (Lipinski definition) is 4. The van der Waals surface area contributed by atoms with E-state index in [1.807, 2.05) is 55.5 Å². The van der Waals surface area contributed by atoms with E-state index >= 15 is 0 Å². The van der Waals surface area contributed by atoms with E-state index in [4.69, 9.17) is 4.74 Å². The van der Waals surface area contributed by atoms with Crippen molar-refractivity contribution in [3.05, 3.63) is 59.7 Å². The number of ether oxygens (including phenoxy) is 1. The smallest absolute Gasteiger partial charge is 0.310 e. The van der Waals surface area contributed by atoms with E-state index in [0.29, 0.717) is 18.6 Å². The van der Waals surface area contributed by atoms with Gasteiger partial charge in [-0.15, -0.1) is 0 Å². The van der Waals surface area contributed by atoms with Crippen LogP contribution in [-0.2, 0) is 16.0 Å². The van der Waals surface area contributed by atoms with E-state index in [2.05, 4.69) is 0 Å². The highest BCUT2D eigenvalue weighted by Gasteiger charge is 2.13. The topological polar surface area (TPSA) is 43.4 Å². The highest BCUT2D eigenvalue weighted by atomic mass is 32.2. The minimum atomic E-state index is -0.275. The van der Waals surface area contributed by atoms with E-state index in [1.54, 1.807) is 18.7 Å². The fourth-order valence-electron chi connectivity index (χ4n) is 2.18. The summed E-state index contributed by atoms with van der Waals surface area (Å²) in [6, 6.07) is 15.5. The molecule has 0 aliphatic carbocycles. The molecule has 120 valence electrons.